The van der Waals surface area contributed by atoms with Gasteiger partial charge in [-0.15, -0.1) is 0 Å². The van der Waals surface area contributed by atoms with E-state index in [1.54, 1.807) is 24.4 Å². The van der Waals surface area contributed by atoms with Gasteiger partial charge in [0.1, 0.15) is 12.4 Å². The monoisotopic (exact) mass is 337 g/mol. The topological polar surface area (TPSA) is 74.1 Å². The molecule has 2 aliphatic heterocycles. The second-order valence-electron chi connectivity index (χ2n) is 6.07. The van der Waals surface area contributed by atoms with Gasteiger partial charge in [-0.1, -0.05) is 6.07 Å². The summed E-state index contributed by atoms with van der Waals surface area (Å²) in [6, 6.07) is 7.89. The van der Waals surface area contributed by atoms with Crippen molar-refractivity contribution >= 4 is 5.95 Å². The Morgan fingerprint density at radius 2 is 2.04 bits per heavy atom. The molecule has 0 radical (unpaired) electrons. The number of nitriles is 1. The molecule has 0 fully saturated rings. The molecule has 0 unspecified atom stereocenters. The van der Waals surface area contributed by atoms with Gasteiger partial charge in [0.25, 0.3) is 0 Å². The van der Waals surface area contributed by atoms with Crippen molar-refractivity contribution in [3.05, 3.63) is 58.6 Å². The molecule has 3 heterocycles. The van der Waals surface area contributed by atoms with Crippen molar-refractivity contribution in [2.45, 2.75) is 6.61 Å². The average molecular weight is 337 g/mol. The van der Waals surface area contributed by atoms with Gasteiger partial charge in [0.2, 0.25) is 11.8 Å². The van der Waals surface area contributed by atoms with Crippen LogP contribution in [0.3, 0.4) is 0 Å². The summed E-state index contributed by atoms with van der Waals surface area (Å²) in [7, 11) is 0. The Morgan fingerprint density at radius 1 is 1.24 bits per heavy atom. The first-order valence-electron chi connectivity index (χ1n) is 8.03. The zero-order valence-corrected chi connectivity index (χ0v) is 13.5. The normalized spacial score (nSPS) is 16.1. The Hall–Kier alpha value is -2.98. The highest BCUT2D eigenvalue weighted by Gasteiger charge is 2.26. The minimum Gasteiger partial charge on any atom is -0.473 e. The van der Waals surface area contributed by atoms with Gasteiger partial charge in [-0.05, 0) is 23.3 Å². The molecule has 25 heavy (non-hydrogen) atoms. The molecule has 6 nitrogen and oxygen atoms in total. The maximum absolute atomic E-state index is 13.9. The number of halogens is 1. The van der Waals surface area contributed by atoms with E-state index in [2.05, 4.69) is 20.2 Å². The molecule has 2 aromatic rings. The molecule has 0 saturated heterocycles. The number of hydrogen-bond acceptors (Lipinski definition) is 6. The van der Waals surface area contributed by atoms with Crippen LogP contribution in [0.1, 0.15) is 11.1 Å². The fourth-order valence-corrected chi connectivity index (χ4v) is 3.06. The van der Waals surface area contributed by atoms with Crippen LogP contribution in [0.25, 0.3) is 0 Å². The minimum atomic E-state index is -0.457. The maximum Gasteiger partial charge on any atom is 0.229 e. The number of rotatable bonds is 4. The lowest BCUT2D eigenvalue weighted by Gasteiger charge is -2.18. The van der Waals surface area contributed by atoms with Crippen molar-refractivity contribution in [2.24, 2.45) is 0 Å². The molecule has 0 amide bonds. The molecular formula is C18H16FN5O. The third kappa shape index (κ3) is 3.16. The molecule has 1 aromatic carbocycles. The van der Waals surface area contributed by atoms with Gasteiger partial charge in [0.15, 0.2) is 0 Å². The zero-order valence-electron chi connectivity index (χ0n) is 13.5. The first kappa shape index (κ1) is 15.5. The van der Waals surface area contributed by atoms with Gasteiger partial charge in [0.05, 0.1) is 11.6 Å². The van der Waals surface area contributed by atoms with Crippen LogP contribution in [-0.2, 0) is 6.61 Å². The van der Waals surface area contributed by atoms with Crippen LogP contribution in [0.5, 0.6) is 5.88 Å². The van der Waals surface area contributed by atoms with E-state index >= 15 is 0 Å². The van der Waals surface area contributed by atoms with Crippen LogP contribution >= 0.6 is 0 Å². The van der Waals surface area contributed by atoms with Crippen LogP contribution in [0, 0.1) is 17.1 Å². The number of hydrogen-bond donors (Lipinski definition) is 1. The van der Waals surface area contributed by atoms with E-state index in [4.69, 9.17) is 10.00 Å². The maximum atomic E-state index is 13.9. The standard InChI is InChI=1S/C18H16FN5O/c19-16-5-12(6-20)1-2-13(16)11-25-17-3-4-22-18(23-17)24-9-14-7-21-8-15(14)10-24/h1-5,21H,7-11H2. The molecule has 7 heteroatoms. The molecule has 4 rings (SSSR count). The van der Waals surface area contributed by atoms with Crippen LogP contribution in [0.4, 0.5) is 10.3 Å². The first-order valence-corrected chi connectivity index (χ1v) is 8.03. The molecule has 0 spiro atoms. The van der Waals surface area contributed by atoms with E-state index in [1.165, 1.54) is 17.2 Å². The summed E-state index contributed by atoms with van der Waals surface area (Å²) in [5.74, 6) is 0.562. The molecule has 126 valence electrons. The van der Waals surface area contributed by atoms with E-state index in [9.17, 15) is 4.39 Å². The Morgan fingerprint density at radius 3 is 2.76 bits per heavy atom. The fourth-order valence-electron chi connectivity index (χ4n) is 3.06. The van der Waals surface area contributed by atoms with Crippen molar-refractivity contribution in [1.29, 1.82) is 5.26 Å². The molecule has 0 aliphatic carbocycles. The Labute approximate surface area is 144 Å². The van der Waals surface area contributed by atoms with Crippen molar-refractivity contribution in [3.63, 3.8) is 0 Å². The average Bonchev–Trinajstić information content (AvgIpc) is 3.23. The van der Waals surface area contributed by atoms with Crippen molar-refractivity contribution in [3.8, 4) is 11.9 Å². The third-order valence-corrected chi connectivity index (χ3v) is 4.40. The first-order chi connectivity index (χ1) is 12.2. The molecule has 0 bridgehead atoms. The van der Waals surface area contributed by atoms with Gasteiger partial charge >= 0.3 is 0 Å². The summed E-state index contributed by atoms with van der Waals surface area (Å²) < 4.78 is 19.5. The predicted molar refractivity (Wildman–Crippen MR) is 89.6 cm³/mol. The number of benzene rings is 1. The summed E-state index contributed by atoms with van der Waals surface area (Å²) in [6.45, 7) is 3.57. The van der Waals surface area contributed by atoms with E-state index in [0.29, 0.717) is 17.4 Å². The predicted octanol–water partition coefficient (Wildman–Crippen LogP) is 1.79. The van der Waals surface area contributed by atoms with Gasteiger partial charge in [-0.25, -0.2) is 9.37 Å². The molecule has 0 saturated carbocycles. The number of nitrogens with one attached hydrogen (secondary N) is 1. The molecule has 1 aromatic heterocycles. The molecule has 1 N–H and O–H groups in total. The zero-order chi connectivity index (χ0) is 17.2. The summed E-state index contributed by atoms with van der Waals surface area (Å²) in [4.78, 5) is 10.9. The van der Waals surface area contributed by atoms with Gasteiger partial charge < -0.3 is 15.0 Å². The summed E-state index contributed by atoms with van der Waals surface area (Å²) in [6.07, 6.45) is 1.65. The highest BCUT2D eigenvalue weighted by molar-refractivity contribution is 5.46. The smallest absolute Gasteiger partial charge is 0.229 e. The van der Waals surface area contributed by atoms with Crippen LogP contribution in [0.2, 0.25) is 0 Å². The van der Waals surface area contributed by atoms with Gasteiger partial charge in [0, 0.05) is 44.0 Å². The summed E-state index contributed by atoms with van der Waals surface area (Å²) >= 11 is 0. The second kappa shape index (κ2) is 6.49. The van der Waals surface area contributed by atoms with E-state index in [-0.39, 0.29) is 12.2 Å². The Kier molecular flexibility index (Phi) is 4.04. The lowest BCUT2D eigenvalue weighted by atomic mass is 10.1. The fraction of sp³-hybridized carbons (Fsp3) is 0.278. The molecule has 2 aliphatic rings. The van der Waals surface area contributed by atoms with Crippen molar-refractivity contribution in [2.75, 3.05) is 31.1 Å². The van der Waals surface area contributed by atoms with E-state index in [1.807, 2.05) is 6.07 Å². The summed E-state index contributed by atoms with van der Waals surface area (Å²) in [5, 5.41) is 12.1. The Balaban J connectivity index is 1.43. The van der Waals surface area contributed by atoms with Crippen LogP contribution in [-0.4, -0.2) is 36.1 Å². The molecular weight excluding hydrogens is 321 g/mol. The largest absolute Gasteiger partial charge is 0.473 e. The quantitative estimate of drug-likeness (QED) is 0.858. The highest BCUT2D eigenvalue weighted by Crippen LogP contribution is 2.25. The lowest BCUT2D eigenvalue weighted by molar-refractivity contribution is 0.287. The van der Waals surface area contributed by atoms with Crippen LogP contribution < -0.4 is 15.0 Å². The summed E-state index contributed by atoms with van der Waals surface area (Å²) in [5.41, 5.74) is 3.49. The number of anilines is 1. The second-order valence-corrected chi connectivity index (χ2v) is 6.07. The molecule has 0 atom stereocenters. The number of ether oxygens (including phenoxy) is 1. The van der Waals surface area contributed by atoms with Gasteiger partial charge in [-0.2, -0.15) is 10.2 Å². The number of nitrogens with zero attached hydrogens (tertiary/aromatic N) is 4. The van der Waals surface area contributed by atoms with Crippen LogP contribution in [0.15, 0.2) is 41.6 Å². The van der Waals surface area contributed by atoms with Crippen molar-refractivity contribution in [1.82, 2.24) is 15.3 Å². The third-order valence-electron chi connectivity index (χ3n) is 4.40. The number of aromatic nitrogens is 2. The Bertz CT molecular complexity index is 873. The van der Waals surface area contributed by atoms with E-state index < -0.39 is 5.82 Å². The van der Waals surface area contributed by atoms with E-state index in [0.717, 1.165) is 26.2 Å². The van der Waals surface area contributed by atoms with Gasteiger partial charge in [-0.3, -0.25) is 0 Å². The van der Waals surface area contributed by atoms with Crippen molar-refractivity contribution < 1.29 is 9.13 Å². The highest BCUT2D eigenvalue weighted by atomic mass is 19.1. The lowest BCUT2D eigenvalue weighted by Crippen LogP contribution is -2.28. The SMILES string of the molecule is N#Cc1ccc(COc2ccnc(N3CC4=C(CNC4)C3)n2)c(F)c1. The minimum absolute atomic E-state index is 0.0483.